The third-order valence-corrected chi connectivity index (χ3v) is 5.98. The number of amides is 1. The number of rotatable bonds is 7. The highest BCUT2D eigenvalue weighted by molar-refractivity contribution is 7.92. The van der Waals surface area contributed by atoms with Crippen LogP contribution in [0.4, 0.5) is 11.4 Å². The molecule has 2 aromatic carbocycles. The van der Waals surface area contributed by atoms with Crippen LogP contribution in [0, 0.1) is 6.92 Å². The number of aryl methyl sites for hydroxylation is 1. The van der Waals surface area contributed by atoms with Crippen molar-refractivity contribution < 1.29 is 17.9 Å². The minimum Gasteiger partial charge on any atom is -0.478 e. The zero-order valence-corrected chi connectivity index (χ0v) is 17.9. The van der Waals surface area contributed by atoms with Crippen LogP contribution in [0.5, 0.6) is 5.88 Å². The Balaban J connectivity index is 1.82. The molecule has 0 aliphatic heterocycles. The fourth-order valence-electron chi connectivity index (χ4n) is 2.66. The second kappa shape index (κ2) is 9.15. The maximum absolute atomic E-state index is 12.9. The second-order valence-electron chi connectivity index (χ2n) is 6.34. The summed E-state index contributed by atoms with van der Waals surface area (Å²) < 4.78 is 33.5. The van der Waals surface area contributed by atoms with Crippen molar-refractivity contribution in [2.75, 3.05) is 16.6 Å². The fraction of sp³-hybridized carbons (Fsp3) is 0.143. The summed E-state index contributed by atoms with van der Waals surface area (Å²) in [6.45, 7) is 3.98. The molecule has 3 rings (SSSR count). The molecule has 0 unspecified atom stereocenters. The number of halogens is 1. The number of carbonyl (C=O) groups excluding carboxylic acids is 1. The van der Waals surface area contributed by atoms with E-state index in [1.165, 1.54) is 12.3 Å². The van der Waals surface area contributed by atoms with Crippen LogP contribution in [0.3, 0.4) is 0 Å². The van der Waals surface area contributed by atoms with E-state index in [-0.39, 0.29) is 15.6 Å². The summed E-state index contributed by atoms with van der Waals surface area (Å²) in [5.41, 5.74) is 1.44. The predicted octanol–water partition coefficient (Wildman–Crippen LogP) is 4.50. The van der Waals surface area contributed by atoms with Gasteiger partial charge in [0, 0.05) is 18.0 Å². The summed E-state index contributed by atoms with van der Waals surface area (Å²) in [6, 6.07) is 14.4. The Morgan fingerprint density at radius 3 is 2.57 bits per heavy atom. The molecule has 0 saturated heterocycles. The van der Waals surface area contributed by atoms with E-state index in [0.29, 0.717) is 29.3 Å². The summed E-state index contributed by atoms with van der Waals surface area (Å²) in [5.74, 6) is 0.000208. The number of aromatic nitrogens is 1. The van der Waals surface area contributed by atoms with Gasteiger partial charge in [-0.2, -0.15) is 0 Å². The third kappa shape index (κ3) is 5.08. The molecule has 0 fully saturated rings. The van der Waals surface area contributed by atoms with Gasteiger partial charge in [-0.05, 0) is 49.7 Å². The maximum atomic E-state index is 12.9. The van der Waals surface area contributed by atoms with Gasteiger partial charge < -0.3 is 10.1 Å². The first-order valence-electron chi connectivity index (χ1n) is 9.08. The average Bonchev–Trinajstić information content (AvgIpc) is 2.71. The van der Waals surface area contributed by atoms with Crippen LogP contribution in [-0.4, -0.2) is 25.9 Å². The van der Waals surface area contributed by atoms with Crippen molar-refractivity contribution in [3.8, 4) is 5.88 Å². The molecular weight excluding hydrogens is 426 g/mol. The Labute approximate surface area is 180 Å². The van der Waals surface area contributed by atoms with Gasteiger partial charge in [-0.25, -0.2) is 13.4 Å². The van der Waals surface area contributed by atoms with Crippen molar-refractivity contribution in [2.45, 2.75) is 18.7 Å². The fourth-order valence-corrected chi connectivity index (χ4v) is 4.25. The first kappa shape index (κ1) is 21.6. The number of anilines is 2. The van der Waals surface area contributed by atoms with Gasteiger partial charge in [0.25, 0.3) is 15.9 Å². The van der Waals surface area contributed by atoms with E-state index in [4.69, 9.17) is 16.3 Å². The summed E-state index contributed by atoms with van der Waals surface area (Å²) in [7, 11) is -3.92. The van der Waals surface area contributed by atoms with E-state index < -0.39 is 15.9 Å². The Hall–Kier alpha value is -3.10. The van der Waals surface area contributed by atoms with Crippen molar-refractivity contribution >= 4 is 38.9 Å². The molecule has 30 heavy (non-hydrogen) atoms. The highest BCUT2D eigenvalue weighted by Gasteiger charge is 2.19. The number of sulfonamides is 1. The molecular formula is C21H20ClN3O4S. The number of nitrogens with zero attached hydrogens (tertiary/aromatic N) is 1. The largest absolute Gasteiger partial charge is 0.478 e. The van der Waals surface area contributed by atoms with Crippen LogP contribution in [0.25, 0.3) is 0 Å². The van der Waals surface area contributed by atoms with E-state index in [1.807, 2.05) is 6.92 Å². The maximum Gasteiger partial charge on any atom is 0.262 e. The molecule has 2 N–H and O–H groups in total. The number of para-hydroxylation sites is 1. The monoisotopic (exact) mass is 445 g/mol. The van der Waals surface area contributed by atoms with E-state index >= 15 is 0 Å². The molecule has 0 atom stereocenters. The highest BCUT2D eigenvalue weighted by atomic mass is 35.5. The molecule has 0 bridgehead atoms. The van der Waals surface area contributed by atoms with Crippen LogP contribution in [-0.2, 0) is 10.0 Å². The molecule has 1 heterocycles. The molecule has 0 spiro atoms. The van der Waals surface area contributed by atoms with E-state index in [0.717, 1.165) is 0 Å². The SMILES string of the molecule is CCOc1ccc(C(=O)Nc2ccc(C)c(S(=O)(=O)Nc3ccccc3Cl)c2)cn1. The van der Waals surface area contributed by atoms with Crippen molar-refractivity contribution in [1.82, 2.24) is 4.98 Å². The first-order chi connectivity index (χ1) is 14.3. The predicted molar refractivity (Wildman–Crippen MR) is 117 cm³/mol. The quantitative estimate of drug-likeness (QED) is 0.558. The number of hydrogen-bond acceptors (Lipinski definition) is 5. The highest BCUT2D eigenvalue weighted by Crippen LogP contribution is 2.27. The van der Waals surface area contributed by atoms with Crippen LogP contribution >= 0.6 is 11.6 Å². The third-order valence-electron chi connectivity index (χ3n) is 4.14. The second-order valence-corrected chi connectivity index (χ2v) is 8.40. The van der Waals surface area contributed by atoms with Crippen molar-refractivity contribution in [3.05, 3.63) is 76.9 Å². The molecule has 0 aliphatic rings. The average molecular weight is 446 g/mol. The van der Waals surface area contributed by atoms with Crippen molar-refractivity contribution in [1.29, 1.82) is 0 Å². The zero-order valence-electron chi connectivity index (χ0n) is 16.3. The van der Waals surface area contributed by atoms with Gasteiger partial charge in [-0.1, -0.05) is 29.8 Å². The van der Waals surface area contributed by atoms with Crippen molar-refractivity contribution in [2.24, 2.45) is 0 Å². The molecule has 0 saturated carbocycles. The Morgan fingerprint density at radius 1 is 1.13 bits per heavy atom. The molecule has 7 nitrogen and oxygen atoms in total. The van der Waals surface area contributed by atoms with Gasteiger partial charge in [0.2, 0.25) is 5.88 Å². The number of ether oxygens (including phenoxy) is 1. The number of pyridine rings is 1. The molecule has 9 heteroatoms. The van der Waals surface area contributed by atoms with Gasteiger partial charge in [-0.3, -0.25) is 9.52 Å². The lowest BCUT2D eigenvalue weighted by molar-refractivity contribution is 0.102. The topological polar surface area (TPSA) is 97.4 Å². The lowest BCUT2D eigenvalue weighted by atomic mass is 10.2. The van der Waals surface area contributed by atoms with Gasteiger partial charge in [0.15, 0.2) is 0 Å². The summed E-state index contributed by atoms with van der Waals surface area (Å²) >= 11 is 6.06. The Kier molecular flexibility index (Phi) is 6.59. The van der Waals surface area contributed by atoms with Crippen LogP contribution in [0.2, 0.25) is 5.02 Å². The minimum absolute atomic E-state index is 0.0324. The normalized spacial score (nSPS) is 11.0. The number of hydrogen-bond donors (Lipinski definition) is 2. The van der Waals surface area contributed by atoms with Crippen molar-refractivity contribution in [3.63, 3.8) is 0 Å². The van der Waals surface area contributed by atoms with E-state index in [1.54, 1.807) is 55.5 Å². The Morgan fingerprint density at radius 2 is 1.90 bits per heavy atom. The Bertz CT molecular complexity index is 1170. The molecule has 156 valence electrons. The lowest BCUT2D eigenvalue weighted by Gasteiger charge is -2.13. The van der Waals surface area contributed by atoms with Crippen LogP contribution in [0.15, 0.2) is 65.7 Å². The number of benzene rings is 2. The summed E-state index contributed by atoms with van der Waals surface area (Å²) in [5, 5.41) is 2.97. The number of carbonyl (C=O) groups is 1. The standard InChI is InChI=1S/C21H20ClN3O4S/c1-3-29-20-11-9-15(13-23-20)21(26)24-16-10-8-14(2)19(12-16)30(27,28)25-18-7-5-4-6-17(18)22/h4-13,25H,3H2,1-2H3,(H,24,26). The van der Waals surface area contributed by atoms with E-state index in [9.17, 15) is 13.2 Å². The van der Waals surface area contributed by atoms with E-state index in [2.05, 4.69) is 15.0 Å². The number of nitrogens with one attached hydrogen (secondary N) is 2. The van der Waals surface area contributed by atoms with Gasteiger partial charge in [0.05, 0.1) is 27.8 Å². The molecule has 0 radical (unpaired) electrons. The molecule has 1 amide bonds. The van der Waals surface area contributed by atoms with Gasteiger partial charge in [-0.15, -0.1) is 0 Å². The summed E-state index contributed by atoms with van der Waals surface area (Å²) in [6.07, 6.45) is 1.39. The van der Waals surface area contributed by atoms with Gasteiger partial charge >= 0.3 is 0 Å². The van der Waals surface area contributed by atoms with Crippen LogP contribution in [0.1, 0.15) is 22.8 Å². The summed E-state index contributed by atoms with van der Waals surface area (Å²) in [4.78, 5) is 16.6. The minimum atomic E-state index is -3.92. The zero-order chi connectivity index (χ0) is 21.7. The first-order valence-corrected chi connectivity index (χ1v) is 10.9. The lowest BCUT2D eigenvalue weighted by Crippen LogP contribution is -2.16. The van der Waals surface area contributed by atoms with Gasteiger partial charge in [0.1, 0.15) is 0 Å². The molecule has 3 aromatic rings. The smallest absolute Gasteiger partial charge is 0.262 e. The van der Waals surface area contributed by atoms with Crippen LogP contribution < -0.4 is 14.8 Å². The molecule has 0 aliphatic carbocycles. The molecule has 1 aromatic heterocycles.